The molecular weight excluding hydrogens is 202 g/mol. The monoisotopic (exact) mass is 219 g/mol. The van der Waals surface area contributed by atoms with Gasteiger partial charge in [-0.3, -0.25) is 0 Å². The van der Waals surface area contributed by atoms with E-state index in [0.29, 0.717) is 0 Å². The summed E-state index contributed by atoms with van der Waals surface area (Å²) < 4.78 is 7.89. The number of aromatic nitrogens is 1. The Morgan fingerprint density at radius 2 is 2.50 bits per heavy atom. The molecule has 1 aromatic rings. The number of likely N-dealkylation sites (N-methyl/N-ethyl adjacent to an activating group) is 1. The number of hydrogen-bond acceptors (Lipinski definition) is 3. The Bertz CT molecular complexity index is 420. The molecule has 16 heavy (non-hydrogen) atoms. The summed E-state index contributed by atoms with van der Waals surface area (Å²) >= 11 is 0. The van der Waals surface area contributed by atoms with Crippen molar-refractivity contribution in [2.45, 2.75) is 12.5 Å². The molecule has 4 nitrogen and oxygen atoms in total. The average molecular weight is 219 g/mol. The molecule has 0 saturated carbocycles. The molecule has 1 atom stereocenters. The van der Waals surface area contributed by atoms with Gasteiger partial charge in [0.1, 0.15) is 6.10 Å². The first-order chi connectivity index (χ1) is 7.77. The molecule has 1 unspecified atom stereocenters. The van der Waals surface area contributed by atoms with E-state index in [1.165, 1.54) is 17.5 Å². The summed E-state index contributed by atoms with van der Waals surface area (Å²) in [5.74, 6) is 0. The summed E-state index contributed by atoms with van der Waals surface area (Å²) in [7, 11) is 3.88. The highest BCUT2D eigenvalue weighted by molar-refractivity contribution is 5.69. The number of nitrogens with one attached hydrogen (secondary N) is 2. The van der Waals surface area contributed by atoms with Crippen LogP contribution in [0.5, 0.6) is 0 Å². The maximum atomic E-state index is 7.15. The van der Waals surface area contributed by atoms with Crippen molar-refractivity contribution in [3.63, 3.8) is 0 Å². The zero-order valence-electron chi connectivity index (χ0n) is 9.66. The van der Waals surface area contributed by atoms with Crippen molar-refractivity contribution < 1.29 is 4.74 Å². The SMILES string of the molecule is CN/C(=C\C=N)C1OCCc2ccn(C)c21. The van der Waals surface area contributed by atoms with Gasteiger partial charge >= 0.3 is 0 Å². The summed E-state index contributed by atoms with van der Waals surface area (Å²) in [6.07, 6.45) is 5.98. The quantitative estimate of drug-likeness (QED) is 0.755. The second kappa shape index (κ2) is 4.53. The highest BCUT2D eigenvalue weighted by atomic mass is 16.5. The third-order valence-corrected chi connectivity index (χ3v) is 2.95. The lowest BCUT2D eigenvalue weighted by Crippen LogP contribution is -2.25. The maximum Gasteiger partial charge on any atom is 0.137 e. The van der Waals surface area contributed by atoms with Crippen molar-refractivity contribution in [2.24, 2.45) is 7.05 Å². The smallest absolute Gasteiger partial charge is 0.137 e. The molecule has 86 valence electrons. The molecule has 0 spiro atoms. The highest BCUT2D eigenvalue weighted by Crippen LogP contribution is 2.31. The van der Waals surface area contributed by atoms with Crippen LogP contribution in [0.25, 0.3) is 0 Å². The molecule has 4 heteroatoms. The van der Waals surface area contributed by atoms with Crippen LogP contribution in [0.15, 0.2) is 24.0 Å². The summed E-state index contributed by atoms with van der Waals surface area (Å²) in [6.45, 7) is 0.735. The molecule has 0 radical (unpaired) electrons. The number of aryl methyl sites for hydroxylation is 1. The van der Waals surface area contributed by atoms with Crippen molar-refractivity contribution in [3.05, 3.63) is 35.3 Å². The molecule has 0 bridgehead atoms. The fourth-order valence-corrected chi connectivity index (χ4v) is 2.15. The van der Waals surface area contributed by atoms with Crippen LogP contribution in [-0.4, -0.2) is 24.4 Å². The van der Waals surface area contributed by atoms with Gasteiger partial charge in [0.05, 0.1) is 12.3 Å². The third kappa shape index (κ3) is 1.76. The lowest BCUT2D eigenvalue weighted by atomic mass is 10.0. The van der Waals surface area contributed by atoms with Crippen LogP contribution in [-0.2, 0) is 18.2 Å². The third-order valence-electron chi connectivity index (χ3n) is 2.95. The van der Waals surface area contributed by atoms with Crippen LogP contribution < -0.4 is 5.32 Å². The van der Waals surface area contributed by atoms with E-state index in [2.05, 4.69) is 22.1 Å². The molecular formula is C12H17N3O. The highest BCUT2D eigenvalue weighted by Gasteiger charge is 2.26. The molecule has 1 aliphatic heterocycles. The van der Waals surface area contributed by atoms with Crippen LogP contribution in [0.2, 0.25) is 0 Å². The molecule has 0 aliphatic carbocycles. The molecule has 2 rings (SSSR count). The maximum absolute atomic E-state index is 7.15. The van der Waals surface area contributed by atoms with Crippen LogP contribution in [0, 0.1) is 5.41 Å². The van der Waals surface area contributed by atoms with Gasteiger partial charge in [0.25, 0.3) is 0 Å². The number of fused-ring (bicyclic) bond motifs is 1. The van der Waals surface area contributed by atoms with E-state index in [1.54, 1.807) is 6.08 Å². The number of ether oxygens (including phenoxy) is 1. The first-order valence-electron chi connectivity index (χ1n) is 5.42. The van der Waals surface area contributed by atoms with Gasteiger partial charge in [0.2, 0.25) is 0 Å². The fraction of sp³-hybridized carbons (Fsp3) is 0.417. The lowest BCUT2D eigenvalue weighted by molar-refractivity contribution is 0.0584. The minimum atomic E-state index is -0.0738. The van der Waals surface area contributed by atoms with Crippen molar-refractivity contribution in [1.29, 1.82) is 5.41 Å². The number of hydrogen-bond donors (Lipinski definition) is 2. The van der Waals surface area contributed by atoms with Gasteiger partial charge in [-0.1, -0.05) is 0 Å². The van der Waals surface area contributed by atoms with Gasteiger partial charge in [-0.05, 0) is 24.1 Å². The van der Waals surface area contributed by atoms with Crippen LogP contribution in [0.1, 0.15) is 17.4 Å². The van der Waals surface area contributed by atoms with Crippen molar-refractivity contribution >= 4 is 6.21 Å². The minimum Gasteiger partial charge on any atom is -0.389 e. The van der Waals surface area contributed by atoms with E-state index < -0.39 is 0 Å². The second-order valence-electron chi connectivity index (χ2n) is 3.88. The molecule has 0 fully saturated rings. The first-order valence-corrected chi connectivity index (χ1v) is 5.42. The Morgan fingerprint density at radius 3 is 3.19 bits per heavy atom. The molecule has 2 heterocycles. The Morgan fingerprint density at radius 1 is 1.69 bits per heavy atom. The van der Waals surface area contributed by atoms with Crippen molar-refractivity contribution in [1.82, 2.24) is 9.88 Å². The molecule has 0 aromatic carbocycles. The largest absolute Gasteiger partial charge is 0.389 e. The van der Waals surface area contributed by atoms with Crippen molar-refractivity contribution in [3.8, 4) is 0 Å². The summed E-state index contributed by atoms with van der Waals surface area (Å²) in [5, 5.41) is 10.3. The van der Waals surface area contributed by atoms with Gasteiger partial charge in [-0.15, -0.1) is 0 Å². The number of allylic oxidation sites excluding steroid dienone is 1. The van der Waals surface area contributed by atoms with Crippen LogP contribution in [0.3, 0.4) is 0 Å². The Hall–Kier alpha value is -1.55. The van der Waals surface area contributed by atoms with Gasteiger partial charge in [-0.2, -0.15) is 0 Å². The zero-order valence-corrected chi connectivity index (χ0v) is 9.66. The molecule has 2 N–H and O–H groups in total. The van der Waals surface area contributed by atoms with Crippen LogP contribution in [0.4, 0.5) is 0 Å². The van der Waals surface area contributed by atoms with Gasteiger partial charge in [0, 0.05) is 32.2 Å². The van der Waals surface area contributed by atoms with E-state index in [-0.39, 0.29) is 6.10 Å². The first kappa shape index (κ1) is 11.0. The topological polar surface area (TPSA) is 50.0 Å². The second-order valence-corrected chi connectivity index (χ2v) is 3.88. The van der Waals surface area contributed by atoms with Crippen LogP contribution >= 0.6 is 0 Å². The summed E-state index contributed by atoms with van der Waals surface area (Å²) in [5.41, 5.74) is 3.45. The van der Waals surface area contributed by atoms with E-state index in [4.69, 9.17) is 10.1 Å². The molecule has 1 aliphatic rings. The molecule has 0 amide bonds. The lowest BCUT2D eigenvalue weighted by Gasteiger charge is -2.27. The minimum absolute atomic E-state index is 0.0738. The van der Waals surface area contributed by atoms with Crippen molar-refractivity contribution in [2.75, 3.05) is 13.7 Å². The summed E-state index contributed by atoms with van der Waals surface area (Å²) in [6, 6.07) is 2.14. The van der Waals surface area contributed by atoms with Gasteiger partial charge in [0.15, 0.2) is 0 Å². The number of nitrogens with zero attached hydrogens (tertiary/aromatic N) is 1. The predicted molar refractivity (Wildman–Crippen MR) is 63.7 cm³/mol. The molecule has 1 aromatic heterocycles. The summed E-state index contributed by atoms with van der Waals surface area (Å²) in [4.78, 5) is 0. The Kier molecular flexibility index (Phi) is 3.10. The van der Waals surface area contributed by atoms with E-state index in [1.807, 2.05) is 14.1 Å². The van der Waals surface area contributed by atoms with Gasteiger partial charge in [-0.25, -0.2) is 0 Å². The fourth-order valence-electron chi connectivity index (χ4n) is 2.15. The zero-order chi connectivity index (χ0) is 11.5. The Labute approximate surface area is 95.4 Å². The van der Waals surface area contributed by atoms with Gasteiger partial charge < -0.3 is 20.0 Å². The Balaban J connectivity index is 2.40. The van der Waals surface area contributed by atoms with E-state index in [0.717, 1.165) is 18.7 Å². The average Bonchev–Trinajstić information content (AvgIpc) is 2.68. The predicted octanol–water partition coefficient (Wildman–Crippen LogP) is 1.39. The number of rotatable bonds is 3. The standard InChI is InChI=1S/C12H17N3O/c1-14-10(3-6-13)12-11-9(5-8-16-12)4-7-15(11)2/h3-4,6-7,12-14H,5,8H2,1-2H3/b10-3-,13-6?. The van der Waals surface area contributed by atoms with E-state index >= 15 is 0 Å². The normalized spacial score (nSPS) is 20.4. The molecule has 0 saturated heterocycles. The van der Waals surface area contributed by atoms with E-state index in [9.17, 15) is 0 Å².